The number of hydrogen-bond donors (Lipinski definition) is 0. The van der Waals surface area contributed by atoms with Gasteiger partial charge in [0.25, 0.3) is 0 Å². The Morgan fingerprint density at radius 1 is 1.16 bits per heavy atom. The maximum Gasteiger partial charge on any atom is 0.133 e. The first kappa shape index (κ1) is 13.9. The second kappa shape index (κ2) is 6.07. The molecule has 3 heteroatoms. The molecular weight excluding hydrogens is 256 g/mol. The van der Waals surface area contributed by atoms with E-state index in [2.05, 4.69) is 54.1 Å². The van der Waals surface area contributed by atoms with Gasteiger partial charge in [-0.1, -0.05) is 18.2 Å². The van der Waals surface area contributed by atoms with Gasteiger partial charge in [-0.15, -0.1) is 11.6 Å². The fourth-order valence-electron chi connectivity index (χ4n) is 2.26. The number of hydrogen-bond acceptors (Lipinski definition) is 2. The zero-order chi connectivity index (χ0) is 13.8. The first-order valence-corrected chi connectivity index (χ1v) is 7.06. The summed E-state index contributed by atoms with van der Waals surface area (Å²) in [6.07, 6.45) is 0. The van der Waals surface area contributed by atoms with Gasteiger partial charge in [-0.3, -0.25) is 0 Å². The van der Waals surface area contributed by atoms with Gasteiger partial charge >= 0.3 is 0 Å². The van der Waals surface area contributed by atoms with Gasteiger partial charge in [0.2, 0.25) is 0 Å². The summed E-state index contributed by atoms with van der Waals surface area (Å²) in [5, 5.41) is 0. The van der Waals surface area contributed by atoms with Crippen LogP contribution in [-0.4, -0.2) is 11.5 Å². The highest BCUT2D eigenvalue weighted by molar-refractivity contribution is 6.17. The molecule has 0 atom stereocenters. The lowest BCUT2D eigenvalue weighted by Crippen LogP contribution is -2.18. The molecule has 0 aliphatic carbocycles. The third-order valence-electron chi connectivity index (χ3n) is 3.15. The largest absolute Gasteiger partial charge is 0.326 e. The van der Waals surface area contributed by atoms with Crippen molar-refractivity contribution < 1.29 is 0 Å². The summed E-state index contributed by atoms with van der Waals surface area (Å²) in [7, 11) is 0. The highest BCUT2D eigenvalue weighted by atomic mass is 35.5. The predicted octanol–water partition coefficient (Wildman–Crippen LogP) is 4.60. The van der Waals surface area contributed by atoms with Crippen molar-refractivity contribution in [2.75, 3.05) is 11.4 Å². The summed E-state index contributed by atoms with van der Waals surface area (Å²) < 4.78 is 0. The topological polar surface area (TPSA) is 16.1 Å². The normalized spacial score (nSPS) is 10.5. The Kier molecular flexibility index (Phi) is 4.43. The number of anilines is 2. The molecule has 0 N–H and O–H groups in total. The van der Waals surface area contributed by atoms with Crippen molar-refractivity contribution in [3.05, 3.63) is 53.2 Å². The Balaban J connectivity index is 2.48. The van der Waals surface area contributed by atoms with Crippen LogP contribution in [0.15, 0.2) is 36.4 Å². The Bertz CT molecular complexity index is 566. The number of halogens is 1. The average Bonchev–Trinajstić information content (AvgIpc) is 2.41. The molecule has 2 rings (SSSR count). The lowest BCUT2D eigenvalue weighted by atomic mass is 10.1. The zero-order valence-electron chi connectivity index (χ0n) is 11.7. The fourth-order valence-corrected chi connectivity index (χ4v) is 2.41. The van der Waals surface area contributed by atoms with Crippen LogP contribution < -0.4 is 4.90 Å². The molecule has 0 aliphatic heterocycles. The second-order valence-electron chi connectivity index (χ2n) is 4.64. The van der Waals surface area contributed by atoms with Crippen LogP contribution in [0.1, 0.15) is 23.7 Å². The maximum atomic E-state index is 5.95. The molecule has 0 aliphatic rings. The molecular formula is C16H19ClN2. The Hall–Kier alpha value is -1.54. The van der Waals surface area contributed by atoms with E-state index < -0.39 is 0 Å². The van der Waals surface area contributed by atoms with E-state index in [1.165, 1.54) is 11.3 Å². The summed E-state index contributed by atoms with van der Waals surface area (Å²) in [6.45, 7) is 7.14. The minimum atomic E-state index is 0.516. The maximum absolute atomic E-state index is 5.95. The van der Waals surface area contributed by atoms with E-state index >= 15 is 0 Å². The summed E-state index contributed by atoms with van der Waals surface area (Å²) >= 11 is 5.95. The van der Waals surface area contributed by atoms with Crippen molar-refractivity contribution in [1.82, 2.24) is 4.98 Å². The number of para-hydroxylation sites is 1. The molecule has 0 unspecified atom stereocenters. The van der Waals surface area contributed by atoms with Gasteiger partial charge in [-0.05, 0) is 50.1 Å². The Morgan fingerprint density at radius 3 is 2.53 bits per heavy atom. The fraction of sp³-hybridized carbons (Fsp3) is 0.312. The monoisotopic (exact) mass is 274 g/mol. The molecule has 0 fully saturated rings. The Labute approximate surface area is 120 Å². The summed E-state index contributed by atoms with van der Waals surface area (Å²) in [4.78, 5) is 6.86. The molecule has 1 aromatic carbocycles. The molecule has 19 heavy (non-hydrogen) atoms. The van der Waals surface area contributed by atoms with Gasteiger partial charge in [0.15, 0.2) is 0 Å². The van der Waals surface area contributed by atoms with Gasteiger partial charge < -0.3 is 4.90 Å². The minimum Gasteiger partial charge on any atom is -0.326 e. The Morgan fingerprint density at radius 2 is 1.89 bits per heavy atom. The van der Waals surface area contributed by atoms with E-state index in [-0.39, 0.29) is 0 Å². The van der Waals surface area contributed by atoms with E-state index in [0.29, 0.717) is 5.88 Å². The van der Waals surface area contributed by atoms with Crippen LogP contribution in [0.2, 0.25) is 0 Å². The standard InChI is InChI=1S/C16H19ClN2/c1-4-19(15-8-6-5-7-12(15)2)16-10-14(11-17)9-13(3)18-16/h5-10H,4,11H2,1-3H3. The van der Waals surface area contributed by atoms with E-state index in [1.54, 1.807) is 0 Å². The molecule has 100 valence electrons. The number of aryl methyl sites for hydroxylation is 2. The van der Waals surface area contributed by atoms with Gasteiger partial charge in [-0.25, -0.2) is 4.98 Å². The molecule has 0 spiro atoms. The van der Waals surface area contributed by atoms with Crippen molar-refractivity contribution in [1.29, 1.82) is 0 Å². The first-order valence-electron chi connectivity index (χ1n) is 6.52. The number of benzene rings is 1. The third kappa shape index (κ3) is 3.07. The van der Waals surface area contributed by atoms with Crippen LogP contribution in [0.5, 0.6) is 0 Å². The SMILES string of the molecule is CCN(c1cc(CCl)cc(C)n1)c1ccccc1C. The second-order valence-corrected chi connectivity index (χ2v) is 4.91. The van der Waals surface area contributed by atoms with E-state index in [4.69, 9.17) is 11.6 Å². The molecule has 2 nitrogen and oxygen atoms in total. The van der Waals surface area contributed by atoms with Crippen molar-refractivity contribution in [3.63, 3.8) is 0 Å². The van der Waals surface area contributed by atoms with E-state index in [1.807, 2.05) is 13.0 Å². The number of rotatable bonds is 4. The minimum absolute atomic E-state index is 0.516. The predicted molar refractivity (Wildman–Crippen MR) is 82.4 cm³/mol. The van der Waals surface area contributed by atoms with Gasteiger partial charge in [0, 0.05) is 23.8 Å². The van der Waals surface area contributed by atoms with Crippen LogP contribution in [0.25, 0.3) is 0 Å². The lowest BCUT2D eigenvalue weighted by molar-refractivity contribution is 0.968. The van der Waals surface area contributed by atoms with Crippen molar-refractivity contribution >= 4 is 23.1 Å². The molecule has 0 saturated carbocycles. The molecule has 1 aromatic heterocycles. The average molecular weight is 275 g/mol. The zero-order valence-corrected chi connectivity index (χ0v) is 12.4. The molecule has 0 bridgehead atoms. The van der Waals surface area contributed by atoms with Crippen LogP contribution >= 0.6 is 11.6 Å². The highest BCUT2D eigenvalue weighted by Gasteiger charge is 2.11. The smallest absolute Gasteiger partial charge is 0.133 e. The number of aromatic nitrogens is 1. The molecule has 2 aromatic rings. The molecule has 1 heterocycles. The third-order valence-corrected chi connectivity index (χ3v) is 3.46. The first-order chi connectivity index (χ1) is 9.15. The number of pyridine rings is 1. The van der Waals surface area contributed by atoms with E-state index in [0.717, 1.165) is 23.6 Å². The van der Waals surface area contributed by atoms with Gasteiger partial charge in [0.1, 0.15) is 5.82 Å². The quantitative estimate of drug-likeness (QED) is 0.758. The summed E-state index contributed by atoms with van der Waals surface area (Å²) in [5.74, 6) is 1.48. The number of alkyl halides is 1. The van der Waals surface area contributed by atoms with Crippen molar-refractivity contribution in [3.8, 4) is 0 Å². The summed E-state index contributed by atoms with van der Waals surface area (Å²) in [6, 6.07) is 12.5. The van der Waals surface area contributed by atoms with Crippen LogP contribution in [0, 0.1) is 13.8 Å². The summed E-state index contributed by atoms with van der Waals surface area (Å²) in [5.41, 5.74) is 4.56. The van der Waals surface area contributed by atoms with Crippen molar-refractivity contribution in [2.24, 2.45) is 0 Å². The van der Waals surface area contributed by atoms with Gasteiger partial charge in [0.05, 0.1) is 0 Å². The van der Waals surface area contributed by atoms with Crippen LogP contribution in [-0.2, 0) is 5.88 Å². The molecule has 0 saturated heterocycles. The lowest BCUT2D eigenvalue weighted by Gasteiger charge is -2.24. The van der Waals surface area contributed by atoms with E-state index in [9.17, 15) is 0 Å². The van der Waals surface area contributed by atoms with Crippen LogP contribution in [0.3, 0.4) is 0 Å². The highest BCUT2D eigenvalue weighted by Crippen LogP contribution is 2.27. The molecule has 0 amide bonds. The van der Waals surface area contributed by atoms with Gasteiger partial charge in [-0.2, -0.15) is 0 Å². The number of nitrogens with zero attached hydrogens (tertiary/aromatic N) is 2. The van der Waals surface area contributed by atoms with Crippen LogP contribution in [0.4, 0.5) is 11.5 Å². The molecule has 0 radical (unpaired) electrons. The van der Waals surface area contributed by atoms with Crippen molar-refractivity contribution in [2.45, 2.75) is 26.7 Å².